The molecule has 1 aliphatic rings. The molecule has 0 aliphatic carbocycles. The molecule has 2 atom stereocenters. The number of nitrogens with one attached hydrogen (secondary N) is 1. The molecule has 5 heteroatoms. The van der Waals surface area contributed by atoms with Crippen LogP contribution in [-0.2, 0) is 22.5 Å². The van der Waals surface area contributed by atoms with Crippen molar-refractivity contribution in [1.82, 2.24) is 5.32 Å². The number of methoxy groups -OCH3 is 1. The number of hydrogen-bond acceptors (Lipinski definition) is 4. The predicted molar refractivity (Wildman–Crippen MR) is 90.0 cm³/mol. The Morgan fingerprint density at radius 1 is 1.17 bits per heavy atom. The average molecular weight is 327 g/mol. The topological polar surface area (TPSA) is 60.1 Å². The van der Waals surface area contributed by atoms with E-state index in [0.717, 1.165) is 16.9 Å². The van der Waals surface area contributed by atoms with E-state index in [0.29, 0.717) is 13.0 Å². The first-order valence-corrected chi connectivity index (χ1v) is 7.96. The van der Waals surface area contributed by atoms with Gasteiger partial charge in [-0.15, -0.1) is 0 Å². The highest BCUT2D eigenvalue weighted by Gasteiger charge is 2.34. The predicted octanol–water partition coefficient (Wildman–Crippen LogP) is 2.93. The van der Waals surface area contributed by atoms with E-state index >= 15 is 0 Å². The third-order valence-corrected chi connectivity index (χ3v) is 3.94. The summed E-state index contributed by atoms with van der Waals surface area (Å²) in [7, 11) is 1.64. The van der Waals surface area contributed by atoms with Crippen molar-refractivity contribution in [3.8, 4) is 5.75 Å². The lowest BCUT2D eigenvalue weighted by atomic mass is 10.0. The van der Waals surface area contributed by atoms with Crippen molar-refractivity contribution < 1.29 is 19.0 Å². The summed E-state index contributed by atoms with van der Waals surface area (Å²) in [5.41, 5.74) is 2.07. The second-order valence-electron chi connectivity index (χ2n) is 5.74. The molecule has 126 valence electrons. The number of amides is 1. The lowest BCUT2D eigenvalue weighted by molar-refractivity contribution is 0.133. The molecule has 0 bridgehead atoms. The van der Waals surface area contributed by atoms with Crippen LogP contribution in [0.1, 0.15) is 11.1 Å². The third-order valence-electron chi connectivity index (χ3n) is 3.94. The number of hydrogen-bond donors (Lipinski definition) is 1. The van der Waals surface area contributed by atoms with Gasteiger partial charge in [0.05, 0.1) is 19.8 Å². The highest BCUT2D eigenvalue weighted by atomic mass is 16.6. The highest BCUT2D eigenvalue weighted by Crippen LogP contribution is 2.20. The minimum atomic E-state index is -0.423. The summed E-state index contributed by atoms with van der Waals surface area (Å²) in [4.78, 5) is 12.0. The van der Waals surface area contributed by atoms with E-state index in [-0.39, 0.29) is 18.8 Å². The second-order valence-corrected chi connectivity index (χ2v) is 5.74. The van der Waals surface area contributed by atoms with E-state index in [4.69, 9.17) is 14.2 Å². The molecule has 1 heterocycles. The Morgan fingerprint density at radius 3 is 2.50 bits per heavy atom. The molecule has 0 radical (unpaired) electrons. The summed E-state index contributed by atoms with van der Waals surface area (Å²) in [5, 5.41) is 2.91. The van der Waals surface area contributed by atoms with Gasteiger partial charge in [0.2, 0.25) is 0 Å². The Bertz CT molecular complexity index is 653. The van der Waals surface area contributed by atoms with Gasteiger partial charge in [0.1, 0.15) is 18.5 Å². The normalized spacial score (nSPS) is 17.0. The quantitative estimate of drug-likeness (QED) is 0.794. The van der Waals surface area contributed by atoms with Crippen LogP contribution in [0.15, 0.2) is 54.6 Å². The van der Waals surface area contributed by atoms with E-state index in [1.165, 1.54) is 0 Å². The Hall–Kier alpha value is -2.53. The van der Waals surface area contributed by atoms with Crippen LogP contribution in [0.4, 0.5) is 4.79 Å². The Balaban J connectivity index is 1.52. The highest BCUT2D eigenvalue weighted by molar-refractivity contribution is 5.67. The van der Waals surface area contributed by atoms with Gasteiger partial charge in [-0.05, 0) is 29.7 Å². The van der Waals surface area contributed by atoms with Gasteiger partial charge in [-0.1, -0.05) is 42.5 Å². The largest absolute Gasteiger partial charge is 0.497 e. The Morgan fingerprint density at radius 2 is 1.88 bits per heavy atom. The molecule has 24 heavy (non-hydrogen) atoms. The number of epoxide rings is 1. The van der Waals surface area contributed by atoms with Crippen LogP contribution in [0.25, 0.3) is 0 Å². The lowest BCUT2D eigenvalue weighted by Gasteiger charge is -2.17. The van der Waals surface area contributed by atoms with Gasteiger partial charge >= 0.3 is 6.09 Å². The van der Waals surface area contributed by atoms with Crippen LogP contribution in [0.5, 0.6) is 5.75 Å². The summed E-state index contributed by atoms with van der Waals surface area (Å²) in [6, 6.07) is 17.3. The van der Waals surface area contributed by atoms with E-state index in [2.05, 4.69) is 5.32 Å². The van der Waals surface area contributed by atoms with Crippen LogP contribution in [0, 0.1) is 0 Å². The molecule has 1 amide bonds. The van der Waals surface area contributed by atoms with E-state index < -0.39 is 6.09 Å². The van der Waals surface area contributed by atoms with E-state index in [9.17, 15) is 4.79 Å². The van der Waals surface area contributed by atoms with Crippen molar-refractivity contribution in [1.29, 1.82) is 0 Å². The average Bonchev–Trinajstić information content (AvgIpc) is 3.46. The van der Waals surface area contributed by atoms with Crippen LogP contribution in [0.2, 0.25) is 0 Å². The van der Waals surface area contributed by atoms with Gasteiger partial charge in [-0.25, -0.2) is 4.79 Å². The SMILES string of the molecule is COc1ccc(C[C@H](NC(=O)OCc2ccccc2)[C@H]2CO2)cc1. The summed E-state index contributed by atoms with van der Waals surface area (Å²) >= 11 is 0. The summed E-state index contributed by atoms with van der Waals surface area (Å²) < 4.78 is 15.8. The van der Waals surface area contributed by atoms with E-state index in [1.807, 2.05) is 54.6 Å². The van der Waals surface area contributed by atoms with Crippen molar-refractivity contribution in [3.05, 3.63) is 65.7 Å². The summed E-state index contributed by atoms with van der Waals surface area (Å²) in [6.45, 7) is 0.924. The van der Waals surface area contributed by atoms with Crippen molar-refractivity contribution in [2.45, 2.75) is 25.2 Å². The number of alkyl carbamates (subject to hydrolysis) is 1. The van der Waals surface area contributed by atoms with Crippen LogP contribution in [0.3, 0.4) is 0 Å². The van der Waals surface area contributed by atoms with Gasteiger partial charge in [-0.3, -0.25) is 0 Å². The second kappa shape index (κ2) is 7.84. The number of carbonyl (C=O) groups is 1. The van der Waals surface area contributed by atoms with Crippen LogP contribution in [-0.4, -0.2) is 32.0 Å². The van der Waals surface area contributed by atoms with Gasteiger partial charge < -0.3 is 19.5 Å². The van der Waals surface area contributed by atoms with Crippen LogP contribution < -0.4 is 10.1 Å². The molecule has 1 saturated heterocycles. The fourth-order valence-electron chi connectivity index (χ4n) is 2.49. The van der Waals surface area contributed by atoms with Gasteiger partial charge in [0.15, 0.2) is 0 Å². The maximum atomic E-state index is 12.0. The zero-order chi connectivity index (χ0) is 16.8. The molecular weight excluding hydrogens is 306 g/mol. The molecule has 0 spiro atoms. The monoisotopic (exact) mass is 327 g/mol. The van der Waals surface area contributed by atoms with Crippen molar-refractivity contribution in [3.63, 3.8) is 0 Å². The van der Waals surface area contributed by atoms with E-state index in [1.54, 1.807) is 7.11 Å². The number of benzene rings is 2. The molecule has 2 aromatic carbocycles. The first kappa shape index (κ1) is 16.3. The molecular formula is C19H21NO4. The number of carbonyl (C=O) groups excluding carboxylic acids is 1. The minimum Gasteiger partial charge on any atom is -0.497 e. The maximum Gasteiger partial charge on any atom is 0.407 e. The zero-order valence-electron chi connectivity index (χ0n) is 13.6. The fraction of sp³-hybridized carbons (Fsp3) is 0.316. The Kier molecular flexibility index (Phi) is 5.33. The number of rotatable bonds is 7. The summed E-state index contributed by atoms with van der Waals surface area (Å²) in [6.07, 6.45) is 0.319. The van der Waals surface area contributed by atoms with Gasteiger partial charge in [0, 0.05) is 0 Å². The Labute approximate surface area is 141 Å². The lowest BCUT2D eigenvalue weighted by Crippen LogP contribution is -2.40. The van der Waals surface area contributed by atoms with Crippen molar-refractivity contribution in [2.24, 2.45) is 0 Å². The molecule has 0 aromatic heterocycles. The molecule has 2 aromatic rings. The maximum absolute atomic E-state index is 12.0. The third kappa shape index (κ3) is 4.73. The molecule has 0 unspecified atom stereocenters. The first-order valence-electron chi connectivity index (χ1n) is 7.96. The molecule has 5 nitrogen and oxygen atoms in total. The molecule has 1 N–H and O–H groups in total. The zero-order valence-corrected chi connectivity index (χ0v) is 13.6. The number of ether oxygens (including phenoxy) is 3. The van der Waals surface area contributed by atoms with Crippen LogP contribution >= 0.6 is 0 Å². The fourth-order valence-corrected chi connectivity index (χ4v) is 2.49. The molecule has 1 aliphatic heterocycles. The summed E-state index contributed by atoms with van der Waals surface area (Å²) in [5.74, 6) is 0.813. The molecule has 3 rings (SSSR count). The molecule has 1 fully saturated rings. The van der Waals surface area contributed by atoms with Gasteiger partial charge in [-0.2, -0.15) is 0 Å². The van der Waals surface area contributed by atoms with Crippen molar-refractivity contribution in [2.75, 3.05) is 13.7 Å². The first-order chi connectivity index (χ1) is 11.7. The van der Waals surface area contributed by atoms with Gasteiger partial charge in [0.25, 0.3) is 0 Å². The standard InChI is InChI=1S/C19H21NO4/c1-22-16-9-7-14(8-10-16)11-17(18-13-23-18)20-19(21)24-12-15-5-3-2-4-6-15/h2-10,17-18H,11-13H2,1H3,(H,20,21)/t17-,18+/m0/s1. The molecule has 0 saturated carbocycles. The minimum absolute atomic E-state index is 0.0522. The smallest absolute Gasteiger partial charge is 0.407 e. The van der Waals surface area contributed by atoms with Crippen molar-refractivity contribution >= 4 is 6.09 Å².